The molecule has 0 spiro atoms. The molecule has 0 atom stereocenters. The molecule has 0 aromatic carbocycles. The maximum Gasteiger partial charge on any atom is 0.214 e. The monoisotopic (exact) mass is 251 g/mol. The first-order chi connectivity index (χ1) is 8.10. The van der Waals surface area contributed by atoms with E-state index in [4.69, 9.17) is 5.84 Å². The third-order valence-electron chi connectivity index (χ3n) is 2.11. The molecule has 90 valence electrons. The van der Waals surface area contributed by atoms with Crippen molar-refractivity contribution < 1.29 is 0 Å². The first kappa shape index (κ1) is 11.8. The summed E-state index contributed by atoms with van der Waals surface area (Å²) in [5.41, 5.74) is 3.43. The van der Waals surface area contributed by atoms with Crippen LogP contribution >= 0.6 is 11.8 Å². The highest BCUT2D eigenvalue weighted by molar-refractivity contribution is 7.99. The zero-order valence-electron chi connectivity index (χ0n) is 9.77. The highest BCUT2D eigenvalue weighted by Crippen LogP contribution is 2.28. The molecule has 7 nitrogen and oxygen atoms in total. The summed E-state index contributed by atoms with van der Waals surface area (Å²) in [5.74, 6) is 7.44. The van der Waals surface area contributed by atoms with E-state index in [0.717, 1.165) is 16.4 Å². The number of nitrogens with one attached hydrogen (secondary N) is 2. The summed E-state index contributed by atoms with van der Waals surface area (Å²) in [5, 5.41) is 8.26. The number of rotatable bonds is 3. The van der Waals surface area contributed by atoms with Crippen LogP contribution in [0.5, 0.6) is 0 Å². The highest BCUT2D eigenvalue weighted by Gasteiger charge is 2.12. The van der Waals surface area contributed by atoms with Gasteiger partial charge in [0, 0.05) is 5.56 Å². The topological polar surface area (TPSA) is 105 Å². The molecule has 2 heterocycles. The molecule has 0 radical (unpaired) electrons. The number of H-pyrrole nitrogens is 1. The molecule has 0 bridgehead atoms. The second-order valence-electron chi connectivity index (χ2n) is 3.50. The molecule has 0 aliphatic heterocycles. The Kier molecular flexibility index (Phi) is 3.25. The van der Waals surface area contributed by atoms with Gasteiger partial charge in [-0.2, -0.15) is 0 Å². The summed E-state index contributed by atoms with van der Waals surface area (Å²) in [6.45, 7) is 5.56. The van der Waals surface area contributed by atoms with Gasteiger partial charge in [0.15, 0.2) is 0 Å². The van der Waals surface area contributed by atoms with Crippen LogP contribution in [-0.2, 0) is 0 Å². The van der Waals surface area contributed by atoms with Crippen LogP contribution in [0.3, 0.4) is 0 Å². The van der Waals surface area contributed by atoms with Crippen molar-refractivity contribution in [2.45, 2.75) is 31.0 Å². The lowest BCUT2D eigenvalue weighted by molar-refractivity contribution is 0.920. The smallest absolute Gasteiger partial charge is 0.214 e. The summed E-state index contributed by atoms with van der Waals surface area (Å²) in [6.07, 6.45) is 0. The average Bonchev–Trinajstić information content (AvgIpc) is 2.69. The fourth-order valence-corrected chi connectivity index (χ4v) is 2.17. The average molecular weight is 251 g/mol. The Morgan fingerprint density at radius 2 is 1.94 bits per heavy atom. The maximum atomic E-state index is 5.40. The standard InChI is InChI=1S/C9H13N7S/c1-4-7(14-10)11-5(2)12-8(4)17-9-13-6(3)15-16-9/h10H2,1-3H3,(H,11,12,14)(H,13,15,16). The number of nitrogens with two attached hydrogens (primary N) is 1. The molecular formula is C9H13N7S. The Hall–Kier alpha value is -1.67. The van der Waals surface area contributed by atoms with Crippen LogP contribution in [0.1, 0.15) is 17.2 Å². The lowest BCUT2D eigenvalue weighted by Gasteiger charge is -2.08. The quantitative estimate of drug-likeness (QED) is 0.424. The van der Waals surface area contributed by atoms with Crippen LogP contribution < -0.4 is 11.3 Å². The number of nitrogens with zero attached hydrogens (tertiary/aromatic N) is 4. The SMILES string of the molecule is Cc1nc(NN)c(C)c(Sc2n[nH]c(C)n2)n1. The minimum atomic E-state index is 0.618. The number of anilines is 1. The van der Waals surface area contributed by atoms with Crippen molar-refractivity contribution in [3.05, 3.63) is 17.2 Å². The summed E-state index contributed by atoms with van der Waals surface area (Å²) in [6, 6.07) is 0. The van der Waals surface area contributed by atoms with Gasteiger partial charge in [0.2, 0.25) is 5.16 Å². The third kappa shape index (κ3) is 2.53. The van der Waals surface area contributed by atoms with Crippen molar-refractivity contribution in [3.8, 4) is 0 Å². The molecule has 0 unspecified atom stereocenters. The molecular weight excluding hydrogens is 238 g/mol. The van der Waals surface area contributed by atoms with Gasteiger partial charge >= 0.3 is 0 Å². The molecule has 2 rings (SSSR count). The van der Waals surface area contributed by atoms with Gasteiger partial charge in [-0.1, -0.05) is 0 Å². The zero-order chi connectivity index (χ0) is 12.4. The molecule has 0 saturated carbocycles. The fraction of sp³-hybridized carbons (Fsp3) is 0.333. The molecule has 2 aromatic heterocycles. The van der Waals surface area contributed by atoms with E-state index in [1.807, 2.05) is 20.8 Å². The number of hydrazine groups is 1. The molecule has 4 N–H and O–H groups in total. The summed E-state index contributed by atoms with van der Waals surface area (Å²) in [4.78, 5) is 12.8. The van der Waals surface area contributed by atoms with E-state index in [9.17, 15) is 0 Å². The van der Waals surface area contributed by atoms with Crippen LogP contribution in [0, 0.1) is 20.8 Å². The second-order valence-corrected chi connectivity index (χ2v) is 4.46. The minimum absolute atomic E-state index is 0.618. The van der Waals surface area contributed by atoms with Gasteiger partial charge < -0.3 is 5.43 Å². The minimum Gasteiger partial charge on any atom is -0.308 e. The summed E-state index contributed by atoms with van der Waals surface area (Å²) in [7, 11) is 0. The van der Waals surface area contributed by atoms with Crippen molar-refractivity contribution >= 4 is 17.6 Å². The van der Waals surface area contributed by atoms with Gasteiger partial charge in [-0.3, -0.25) is 5.10 Å². The van der Waals surface area contributed by atoms with Gasteiger partial charge in [0.1, 0.15) is 22.5 Å². The first-order valence-electron chi connectivity index (χ1n) is 4.99. The lowest BCUT2D eigenvalue weighted by Crippen LogP contribution is -2.12. The van der Waals surface area contributed by atoms with E-state index in [1.54, 1.807) is 0 Å². The Labute approximate surface area is 103 Å². The molecule has 0 fully saturated rings. The maximum absolute atomic E-state index is 5.40. The van der Waals surface area contributed by atoms with Crippen LogP contribution in [0.4, 0.5) is 5.82 Å². The predicted molar refractivity (Wildman–Crippen MR) is 64.6 cm³/mol. The van der Waals surface area contributed by atoms with Crippen molar-refractivity contribution in [1.29, 1.82) is 0 Å². The third-order valence-corrected chi connectivity index (χ3v) is 3.07. The molecule has 8 heteroatoms. The largest absolute Gasteiger partial charge is 0.308 e. The number of hydrogen-bond donors (Lipinski definition) is 3. The van der Waals surface area contributed by atoms with Crippen LogP contribution in [0.15, 0.2) is 10.2 Å². The molecule has 0 aliphatic rings. The lowest BCUT2D eigenvalue weighted by atomic mass is 10.3. The molecule has 17 heavy (non-hydrogen) atoms. The number of hydrogen-bond acceptors (Lipinski definition) is 7. The van der Waals surface area contributed by atoms with Gasteiger partial charge in [-0.05, 0) is 32.5 Å². The molecule has 0 aliphatic carbocycles. The van der Waals surface area contributed by atoms with Crippen molar-refractivity contribution in [2.24, 2.45) is 5.84 Å². The fourth-order valence-electron chi connectivity index (χ4n) is 1.30. The Morgan fingerprint density at radius 1 is 1.18 bits per heavy atom. The Balaban J connectivity index is 2.35. The van der Waals surface area contributed by atoms with E-state index in [0.29, 0.717) is 16.8 Å². The summed E-state index contributed by atoms with van der Waals surface area (Å²) >= 11 is 1.38. The Morgan fingerprint density at radius 3 is 2.53 bits per heavy atom. The van der Waals surface area contributed by atoms with Crippen LogP contribution in [0.25, 0.3) is 0 Å². The van der Waals surface area contributed by atoms with Gasteiger partial charge in [0.05, 0.1) is 0 Å². The van der Waals surface area contributed by atoms with E-state index in [2.05, 4.69) is 30.6 Å². The van der Waals surface area contributed by atoms with E-state index >= 15 is 0 Å². The van der Waals surface area contributed by atoms with E-state index < -0.39 is 0 Å². The predicted octanol–water partition coefficient (Wildman–Crippen LogP) is 0.957. The highest BCUT2D eigenvalue weighted by atomic mass is 32.2. The van der Waals surface area contributed by atoms with Gasteiger partial charge in [-0.25, -0.2) is 20.8 Å². The number of aromatic nitrogens is 5. The number of aromatic amines is 1. The first-order valence-corrected chi connectivity index (χ1v) is 5.80. The normalized spacial score (nSPS) is 10.6. The van der Waals surface area contributed by atoms with E-state index in [1.165, 1.54) is 11.8 Å². The molecule has 0 saturated heterocycles. The van der Waals surface area contributed by atoms with Crippen molar-refractivity contribution in [1.82, 2.24) is 25.1 Å². The van der Waals surface area contributed by atoms with Crippen molar-refractivity contribution in [2.75, 3.05) is 5.43 Å². The van der Waals surface area contributed by atoms with E-state index in [-0.39, 0.29) is 0 Å². The zero-order valence-corrected chi connectivity index (χ0v) is 10.6. The summed E-state index contributed by atoms with van der Waals surface area (Å²) < 4.78 is 0. The number of aryl methyl sites for hydroxylation is 2. The van der Waals surface area contributed by atoms with Crippen LogP contribution in [0.2, 0.25) is 0 Å². The second kappa shape index (κ2) is 4.68. The Bertz CT molecular complexity index is 536. The number of nitrogen functional groups attached to an aromatic ring is 1. The van der Waals surface area contributed by atoms with Gasteiger partial charge in [0.25, 0.3) is 0 Å². The molecule has 2 aromatic rings. The van der Waals surface area contributed by atoms with Crippen molar-refractivity contribution in [3.63, 3.8) is 0 Å². The van der Waals surface area contributed by atoms with Crippen LogP contribution in [-0.4, -0.2) is 25.1 Å². The van der Waals surface area contributed by atoms with Gasteiger partial charge in [-0.15, -0.1) is 5.10 Å². The molecule has 0 amide bonds.